The fraction of sp³-hybridized carbons (Fsp3) is 0.133. The van der Waals surface area contributed by atoms with Crippen LogP contribution in [-0.4, -0.2) is 12.0 Å². The van der Waals surface area contributed by atoms with Crippen LogP contribution in [0.2, 0.25) is 0 Å². The Kier molecular flexibility index (Phi) is 3.45. The molecule has 0 amide bonds. The zero-order chi connectivity index (χ0) is 13.4. The van der Waals surface area contributed by atoms with E-state index in [1.165, 1.54) is 19.4 Å². The summed E-state index contributed by atoms with van der Waals surface area (Å²) < 4.78 is 2.47. The normalized spacial score (nSPS) is 10.9. The van der Waals surface area contributed by atoms with Crippen molar-refractivity contribution in [2.75, 3.05) is 12.4 Å². The Morgan fingerprint density at radius 2 is 2.00 bits per heavy atom. The van der Waals surface area contributed by atoms with Gasteiger partial charge in [0, 0.05) is 21.9 Å². The first kappa shape index (κ1) is 12.9. The first-order chi connectivity index (χ1) is 9.17. The fourth-order valence-corrected chi connectivity index (χ4v) is 3.85. The van der Waals surface area contributed by atoms with Crippen molar-refractivity contribution < 1.29 is 0 Å². The molecule has 0 saturated carbocycles. The van der Waals surface area contributed by atoms with E-state index in [0.717, 1.165) is 16.2 Å². The molecule has 19 heavy (non-hydrogen) atoms. The largest absolute Gasteiger partial charge is 0.387 e. The monoisotopic (exact) mass is 378 g/mol. The maximum atomic E-state index is 4.72. The van der Waals surface area contributed by atoms with Crippen LogP contribution >= 0.6 is 33.9 Å². The van der Waals surface area contributed by atoms with Gasteiger partial charge in [0.15, 0.2) is 0 Å². The maximum absolute atomic E-state index is 4.72. The molecule has 0 aliphatic heterocycles. The number of hydrogen-bond donors (Lipinski definition) is 1. The number of aryl methyl sites for hydroxylation is 1. The van der Waals surface area contributed by atoms with Crippen molar-refractivity contribution in [2.24, 2.45) is 0 Å². The minimum Gasteiger partial charge on any atom is -0.387 e. The van der Waals surface area contributed by atoms with Gasteiger partial charge >= 0.3 is 0 Å². The summed E-state index contributed by atoms with van der Waals surface area (Å²) in [5.74, 6) is 0. The fourth-order valence-electron chi connectivity index (χ4n) is 2.01. The summed E-state index contributed by atoms with van der Waals surface area (Å²) in [4.78, 5) is 4.72. The third-order valence-corrected chi connectivity index (χ3v) is 4.99. The number of fused-ring (bicyclic) bond motifs is 1. The smallest absolute Gasteiger partial charge is 0.124 e. The average molecular weight is 378 g/mol. The van der Waals surface area contributed by atoms with Crippen molar-refractivity contribution in [3.63, 3.8) is 0 Å². The third-order valence-electron chi connectivity index (χ3n) is 3.03. The Labute approximate surface area is 130 Å². The summed E-state index contributed by atoms with van der Waals surface area (Å²) in [6.07, 6.45) is 0. The SMILES string of the molecule is CNc1ccc(-c2nc3ccc(C)cc3s2)cc1[125I]. The lowest BCUT2D eigenvalue weighted by molar-refractivity contribution is 1.44. The van der Waals surface area contributed by atoms with Crippen LogP contribution in [0.4, 0.5) is 5.69 Å². The van der Waals surface area contributed by atoms with E-state index in [-0.39, 0.29) is 0 Å². The molecule has 3 rings (SSSR count). The molecule has 2 nitrogen and oxygen atoms in total. The lowest BCUT2D eigenvalue weighted by atomic mass is 10.2. The molecule has 0 bridgehead atoms. The van der Waals surface area contributed by atoms with Crippen molar-refractivity contribution in [3.05, 3.63) is 45.5 Å². The highest BCUT2D eigenvalue weighted by molar-refractivity contribution is 14.1. The van der Waals surface area contributed by atoms with Crippen LogP contribution in [0.25, 0.3) is 20.8 Å². The van der Waals surface area contributed by atoms with E-state index in [0.29, 0.717) is 0 Å². The molecule has 4 heteroatoms. The van der Waals surface area contributed by atoms with Crippen LogP contribution in [0.3, 0.4) is 0 Å². The summed E-state index contributed by atoms with van der Waals surface area (Å²) in [5, 5.41) is 4.27. The van der Waals surface area contributed by atoms with E-state index in [2.05, 4.69) is 71.2 Å². The van der Waals surface area contributed by atoms with Crippen LogP contribution in [0.5, 0.6) is 0 Å². The summed E-state index contributed by atoms with van der Waals surface area (Å²) in [5.41, 5.74) is 4.70. The number of benzene rings is 2. The lowest BCUT2D eigenvalue weighted by Gasteiger charge is -2.04. The first-order valence-electron chi connectivity index (χ1n) is 6.02. The Balaban J connectivity index is 2.11. The van der Waals surface area contributed by atoms with Crippen LogP contribution in [0.15, 0.2) is 36.4 Å². The topological polar surface area (TPSA) is 24.9 Å². The molecule has 0 aliphatic carbocycles. The molecule has 0 aliphatic rings. The minimum atomic E-state index is 1.08. The van der Waals surface area contributed by atoms with Gasteiger partial charge in [-0.2, -0.15) is 0 Å². The highest BCUT2D eigenvalue weighted by Crippen LogP contribution is 2.32. The lowest BCUT2D eigenvalue weighted by Crippen LogP contribution is -1.91. The number of rotatable bonds is 2. The molecule has 1 heterocycles. The van der Waals surface area contributed by atoms with Gasteiger partial charge in [-0.1, -0.05) is 6.07 Å². The summed E-state index contributed by atoms with van der Waals surface area (Å²) in [6.45, 7) is 2.11. The number of halogens is 1. The van der Waals surface area contributed by atoms with Gasteiger partial charge in [0.25, 0.3) is 0 Å². The van der Waals surface area contributed by atoms with E-state index in [4.69, 9.17) is 4.98 Å². The van der Waals surface area contributed by atoms with Gasteiger partial charge in [-0.3, -0.25) is 0 Å². The number of hydrogen-bond acceptors (Lipinski definition) is 3. The third kappa shape index (κ3) is 2.47. The summed E-state index contributed by atoms with van der Waals surface area (Å²) in [7, 11) is 1.94. The maximum Gasteiger partial charge on any atom is 0.124 e. The first-order valence-corrected chi connectivity index (χ1v) is 7.92. The average Bonchev–Trinajstić information content (AvgIpc) is 2.81. The summed E-state index contributed by atoms with van der Waals surface area (Å²) in [6, 6.07) is 12.8. The number of nitrogens with one attached hydrogen (secondary N) is 1. The van der Waals surface area contributed by atoms with Crippen molar-refractivity contribution in [1.82, 2.24) is 4.98 Å². The van der Waals surface area contributed by atoms with Gasteiger partial charge in [0.1, 0.15) is 5.01 Å². The van der Waals surface area contributed by atoms with Crippen LogP contribution in [0, 0.1) is 10.5 Å². The van der Waals surface area contributed by atoms with Gasteiger partial charge in [0.05, 0.1) is 10.2 Å². The second kappa shape index (κ2) is 5.09. The molecular formula is C15H13IN2S. The molecule has 0 radical (unpaired) electrons. The molecule has 0 saturated heterocycles. The zero-order valence-electron chi connectivity index (χ0n) is 10.7. The molecule has 2 aromatic carbocycles. The highest BCUT2D eigenvalue weighted by Gasteiger charge is 2.08. The standard InChI is InChI=1S/C15H13IN2S/c1-9-3-5-13-14(7-9)19-15(18-13)10-4-6-12(17-2)11(16)8-10/h3-8,17H,1-2H3/i16-2. The predicted octanol–water partition coefficient (Wildman–Crippen LogP) is 4.92. The van der Waals surface area contributed by atoms with Gasteiger partial charge in [-0.15, -0.1) is 11.3 Å². The van der Waals surface area contributed by atoms with Crippen molar-refractivity contribution in [2.45, 2.75) is 6.92 Å². The molecule has 0 unspecified atom stereocenters. The van der Waals surface area contributed by atoms with Crippen LogP contribution in [-0.2, 0) is 0 Å². The molecular weight excluding hydrogens is 365 g/mol. The van der Waals surface area contributed by atoms with Gasteiger partial charge in [0.2, 0.25) is 0 Å². The van der Waals surface area contributed by atoms with Crippen molar-refractivity contribution >= 4 is 49.8 Å². The predicted molar refractivity (Wildman–Crippen MR) is 92.1 cm³/mol. The molecule has 0 atom stereocenters. The molecule has 3 aromatic rings. The zero-order valence-corrected chi connectivity index (χ0v) is 13.7. The van der Waals surface area contributed by atoms with Gasteiger partial charge in [-0.05, 0) is 65.4 Å². The van der Waals surface area contributed by atoms with E-state index in [9.17, 15) is 0 Å². The summed E-state index contributed by atoms with van der Waals surface area (Å²) >= 11 is 4.10. The molecule has 1 aromatic heterocycles. The second-order valence-corrected chi connectivity index (χ2v) is 6.63. The van der Waals surface area contributed by atoms with E-state index in [1.807, 2.05) is 7.05 Å². The number of anilines is 1. The van der Waals surface area contributed by atoms with Gasteiger partial charge < -0.3 is 5.32 Å². The second-order valence-electron chi connectivity index (χ2n) is 4.43. The van der Waals surface area contributed by atoms with Crippen molar-refractivity contribution in [3.8, 4) is 10.6 Å². The molecule has 0 fully saturated rings. The highest BCUT2D eigenvalue weighted by atomic mass is 125. The Morgan fingerprint density at radius 3 is 2.74 bits per heavy atom. The quantitative estimate of drug-likeness (QED) is 0.641. The van der Waals surface area contributed by atoms with E-state index >= 15 is 0 Å². The van der Waals surface area contributed by atoms with Crippen LogP contribution < -0.4 is 5.32 Å². The molecule has 0 spiro atoms. The Bertz CT molecular complexity index is 749. The van der Waals surface area contributed by atoms with Gasteiger partial charge in [-0.25, -0.2) is 4.98 Å². The number of thiazole rings is 1. The Hall–Kier alpha value is -1.14. The molecule has 1 N–H and O–H groups in total. The Morgan fingerprint density at radius 1 is 1.16 bits per heavy atom. The molecule has 96 valence electrons. The van der Waals surface area contributed by atoms with E-state index < -0.39 is 0 Å². The number of aromatic nitrogens is 1. The minimum absolute atomic E-state index is 1.08. The van der Waals surface area contributed by atoms with Crippen LogP contribution in [0.1, 0.15) is 5.56 Å². The number of nitrogens with zero attached hydrogens (tertiary/aromatic N) is 1. The van der Waals surface area contributed by atoms with Crippen molar-refractivity contribution in [1.29, 1.82) is 0 Å². The van der Waals surface area contributed by atoms with E-state index in [1.54, 1.807) is 11.3 Å².